The van der Waals surface area contributed by atoms with Crippen molar-refractivity contribution in [1.82, 2.24) is 15.1 Å². The second kappa shape index (κ2) is 5.31. The van der Waals surface area contributed by atoms with Crippen LogP contribution in [0, 0.1) is 13.8 Å². The Kier molecular flexibility index (Phi) is 4.28. The van der Waals surface area contributed by atoms with Gasteiger partial charge in [0.1, 0.15) is 0 Å². The molecule has 5 heteroatoms. The first-order chi connectivity index (χ1) is 7.82. The Morgan fingerprint density at radius 1 is 1.47 bits per heavy atom. The van der Waals surface area contributed by atoms with Gasteiger partial charge in [-0.2, -0.15) is 5.10 Å². The van der Waals surface area contributed by atoms with Crippen LogP contribution in [-0.4, -0.2) is 21.7 Å². The molecule has 96 valence electrons. The van der Waals surface area contributed by atoms with Gasteiger partial charge in [0.15, 0.2) is 0 Å². The fourth-order valence-corrected chi connectivity index (χ4v) is 2.29. The molecule has 0 radical (unpaired) electrons. The van der Waals surface area contributed by atoms with Crippen molar-refractivity contribution in [3.63, 3.8) is 0 Å². The Balaban J connectivity index is 2.76. The molecule has 17 heavy (non-hydrogen) atoms. The summed E-state index contributed by atoms with van der Waals surface area (Å²) in [6, 6.07) is 0.236. The molecular formula is C12H22N4O. The molecule has 0 aliphatic carbocycles. The predicted molar refractivity (Wildman–Crippen MR) is 67.5 cm³/mol. The van der Waals surface area contributed by atoms with Gasteiger partial charge in [-0.3, -0.25) is 9.48 Å². The maximum Gasteiger partial charge on any atom is 0.218 e. The van der Waals surface area contributed by atoms with Crippen molar-refractivity contribution in [3.8, 4) is 0 Å². The zero-order valence-electron chi connectivity index (χ0n) is 11.2. The van der Waals surface area contributed by atoms with Gasteiger partial charge in [0.05, 0.1) is 5.69 Å². The number of nitrogens with two attached hydrogens (primary N) is 1. The van der Waals surface area contributed by atoms with Crippen molar-refractivity contribution in [2.24, 2.45) is 12.8 Å². The standard InChI is InChI=1S/C12H22N4O/c1-7(6-11(13)17)14-8(2)12-9(3)15-16(5)10(12)4/h7-8,14H,6H2,1-5H3,(H2,13,17). The molecule has 0 bridgehead atoms. The summed E-state index contributed by atoms with van der Waals surface area (Å²) < 4.78 is 1.88. The minimum Gasteiger partial charge on any atom is -0.370 e. The average Bonchev–Trinajstić information content (AvgIpc) is 2.39. The topological polar surface area (TPSA) is 72.9 Å². The number of hydrogen-bond donors (Lipinski definition) is 2. The molecule has 5 nitrogen and oxygen atoms in total. The number of rotatable bonds is 5. The summed E-state index contributed by atoms with van der Waals surface area (Å²) >= 11 is 0. The molecular weight excluding hydrogens is 216 g/mol. The van der Waals surface area contributed by atoms with E-state index in [2.05, 4.69) is 17.3 Å². The van der Waals surface area contributed by atoms with Gasteiger partial charge in [-0.15, -0.1) is 0 Å². The molecule has 3 N–H and O–H groups in total. The molecule has 2 atom stereocenters. The van der Waals surface area contributed by atoms with Gasteiger partial charge in [0.2, 0.25) is 5.91 Å². The van der Waals surface area contributed by atoms with Crippen molar-refractivity contribution < 1.29 is 4.79 Å². The van der Waals surface area contributed by atoms with Crippen LogP contribution < -0.4 is 11.1 Å². The second-order valence-corrected chi connectivity index (χ2v) is 4.67. The van der Waals surface area contributed by atoms with Crippen LogP contribution in [0.5, 0.6) is 0 Å². The third kappa shape index (κ3) is 3.30. The molecule has 0 saturated heterocycles. The number of nitrogens with zero attached hydrogens (tertiary/aromatic N) is 2. The lowest BCUT2D eigenvalue weighted by atomic mass is 10.0. The van der Waals surface area contributed by atoms with Gasteiger partial charge in [0, 0.05) is 36.8 Å². The number of primary amides is 1. The van der Waals surface area contributed by atoms with E-state index < -0.39 is 0 Å². The summed E-state index contributed by atoms with van der Waals surface area (Å²) in [6.07, 6.45) is 0.350. The summed E-state index contributed by atoms with van der Waals surface area (Å²) in [6.45, 7) is 8.09. The molecule has 2 unspecified atom stereocenters. The van der Waals surface area contributed by atoms with Gasteiger partial charge in [0.25, 0.3) is 0 Å². The number of carbonyl (C=O) groups excluding carboxylic acids is 1. The molecule has 0 aromatic carbocycles. The lowest BCUT2D eigenvalue weighted by molar-refractivity contribution is -0.118. The zero-order chi connectivity index (χ0) is 13.2. The second-order valence-electron chi connectivity index (χ2n) is 4.67. The van der Waals surface area contributed by atoms with E-state index in [1.165, 1.54) is 5.56 Å². The first kappa shape index (κ1) is 13.7. The van der Waals surface area contributed by atoms with Crippen molar-refractivity contribution in [2.45, 2.75) is 46.2 Å². The number of carbonyl (C=O) groups is 1. The van der Waals surface area contributed by atoms with Gasteiger partial charge in [-0.05, 0) is 27.7 Å². The highest BCUT2D eigenvalue weighted by atomic mass is 16.1. The van der Waals surface area contributed by atoms with Crippen molar-refractivity contribution in [2.75, 3.05) is 0 Å². The quantitative estimate of drug-likeness (QED) is 0.802. The Hall–Kier alpha value is -1.36. The fraction of sp³-hybridized carbons (Fsp3) is 0.667. The van der Waals surface area contributed by atoms with Crippen molar-refractivity contribution in [1.29, 1.82) is 0 Å². The number of hydrogen-bond acceptors (Lipinski definition) is 3. The summed E-state index contributed by atoms with van der Waals surface area (Å²) in [4.78, 5) is 10.8. The van der Waals surface area contributed by atoms with Crippen LogP contribution in [0.1, 0.15) is 43.3 Å². The molecule has 1 aromatic rings. The van der Waals surface area contributed by atoms with E-state index in [1.807, 2.05) is 32.5 Å². The van der Waals surface area contributed by atoms with Crippen LogP contribution in [0.3, 0.4) is 0 Å². The lowest BCUT2D eigenvalue weighted by Gasteiger charge is -2.19. The van der Waals surface area contributed by atoms with Crippen LogP contribution in [0.25, 0.3) is 0 Å². The number of aryl methyl sites for hydroxylation is 2. The maximum absolute atomic E-state index is 10.8. The SMILES string of the molecule is Cc1nn(C)c(C)c1C(C)NC(C)CC(N)=O. The monoisotopic (exact) mass is 238 g/mol. The normalized spacial score (nSPS) is 14.6. The van der Waals surface area contributed by atoms with Crippen molar-refractivity contribution >= 4 is 5.91 Å². The van der Waals surface area contributed by atoms with Crippen LogP contribution >= 0.6 is 0 Å². The first-order valence-corrected chi connectivity index (χ1v) is 5.87. The third-order valence-corrected chi connectivity index (χ3v) is 3.04. The van der Waals surface area contributed by atoms with Gasteiger partial charge in [-0.25, -0.2) is 0 Å². The summed E-state index contributed by atoms with van der Waals surface area (Å²) in [7, 11) is 1.94. The minimum absolute atomic E-state index is 0.0708. The molecule has 1 aromatic heterocycles. The Morgan fingerprint density at radius 2 is 2.06 bits per heavy atom. The highest BCUT2D eigenvalue weighted by Gasteiger charge is 2.18. The largest absolute Gasteiger partial charge is 0.370 e. The first-order valence-electron chi connectivity index (χ1n) is 5.87. The molecule has 0 spiro atoms. The molecule has 1 heterocycles. The van der Waals surface area contributed by atoms with Crippen LogP contribution in [0.15, 0.2) is 0 Å². The van der Waals surface area contributed by atoms with E-state index in [0.29, 0.717) is 6.42 Å². The molecule has 0 aliphatic rings. The van der Waals surface area contributed by atoms with Crippen LogP contribution in [0.4, 0.5) is 0 Å². The minimum atomic E-state index is -0.281. The summed E-state index contributed by atoms with van der Waals surface area (Å²) in [5.41, 5.74) is 8.55. The number of amides is 1. The Bertz CT molecular complexity index is 411. The molecule has 0 fully saturated rings. The summed E-state index contributed by atoms with van der Waals surface area (Å²) in [5, 5.41) is 7.75. The van der Waals surface area contributed by atoms with Crippen LogP contribution in [-0.2, 0) is 11.8 Å². The van der Waals surface area contributed by atoms with Gasteiger partial charge in [-0.1, -0.05) is 0 Å². The van der Waals surface area contributed by atoms with E-state index >= 15 is 0 Å². The smallest absolute Gasteiger partial charge is 0.218 e. The zero-order valence-corrected chi connectivity index (χ0v) is 11.2. The predicted octanol–water partition coefficient (Wildman–Crippen LogP) is 0.951. The molecule has 1 rings (SSSR count). The van der Waals surface area contributed by atoms with E-state index in [-0.39, 0.29) is 18.0 Å². The van der Waals surface area contributed by atoms with Gasteiger partial charge >= 0.3 is 0 Å². The highest BCUT2D eigenvalue weighted by molar-refractivity contribution is 5.74. The maximum atomic E-state index is 10.8. The van der Waals surface area contributed by atoms with Gasteiger partial charge < -0.3 is 11.1 Å². The van der Waals surface area contributed by atoms with E-state index in [1.54, 1.807) is 0 Å². The van der Waals surface area contributed by atoms with Crippen LogP contribution in [0.2, 0.25) is 0 Å². The molecule has 1 amide bonds. The van der Waals surface area contributed by atoms with E-state index in [0.717, 1.165) is 11.4 Å². The number of aromatic nitrogens is 2. The summed E-state index contributed by atoms with van der Waals surface area (Å²) in [5.74, 6) is -0.281. The number of nitrogens with one attached hydrogen (secondary N) is 1. The van der Waals surface area contributed by atoms with E-state index in [9.17, 15) is 4.79 Å². The molecule has 0 aliphatic heterocycles. The van der Waals surface area contributed by atoms with Crippen molar-refractivity contribution in [3.05, 3.63) is 17.0 Å². The lowest BCUT2D eigenvalue weighted by Crippen LogP contribution is -2.33. The molecule has 0 saturated carbocycles. The third-order valence-electron chi connectivity index (χ3n) is 3.04. The fourth-order valence-electron chi connectivity index (χ4n) is 2.29. The van der Waals surface area contributed by atoms with E-state index in [4.69, 9.17) is 5.73 Å². The Morgan fingerprint density at radius 3 is 2.47 bits per heavy atom. The Labute approximate surface area is 102 Å². The highest BCUT2D eigenvalue weighted by Crippen LogP contribution is 2.21. The average molecular weight is 238 g/mol.